The van der Waals surface area contributed by atoms with Crippen LogP contribution in [0.15, 0.2) is 22.6 Å². The second kappa shape index (κ2) is 7.92. The first-order chi connectivity index (χ1) is 11.9. The highest BCUT2D eigenvalue weighted by Crippen LogP contribution is 2.28. The van der Waals surface area contributed by atoms with E-state index in [0.717, 1.165) is 0 Å². The van der Waals surface area contributed by atoms with Crippen LogP contribution >= 0.6 is 23.2 Å². The SMILES string of the molecule is COC(=O)c1c(C)oc(NC(=O)COc2ccc(Cl)cc2Cl)c1C#N. The number of nitrogens with zero attached hydrogens (tertiary/aromatic N) is 1. The third-order valence-electron chi connectivity index (χ3n) is 3.09. The Balaban J connectivity index is 2.11. The van der Waals surface area contributed by atoms with Gasteiger partial charge in [0.05, 0.1) is 12.1 Å². The molecule has 0 bridgehead atoms. The lowest BCUT2D eigenvalue weighted by atomic mass is 10.1. The first kappa shape index (κ1) is 18.6. The molecule has 0 radical (unpaired) electrons. The van der Waals surface area contributed by atoms with Crippen LogP contribution in [0.5, 0.6) is 5.75 Å². The van der Waals surface area contributed by atoms with Gasteiger partial charge in [-0.15, -0.1) is 0 Å². The third-order valence-corrected chi connectivity index (χ3v) is 3.62. The van der Waals surface area contributed by atoms with E-state index in [4.69, 9.17) is 32.4 Å². The summed E-state index contributed by atoms with van der Waals surface area (Å²) in [5.41, 5.74) is -0.163. The number of hydrogen-bond acceptors (Lipinski definition) is 6. The zero-order chi connectivity index (χ0) is 18.6. The number of aryl methyl sites for hydroxylation is 1. The van der Waals surface area contributed by atoms with Crippen molar-refractivity contribution in [2.45, 2.75) is 6.92 Å². The van der Waals surface area contributed by atoms with Gasteiger partial charge in [-0.25, -0.2) is 4.79 Å². The van der Waals surface area contributed by atoms with Crippen LogP contribution in [-0.2, 0) is 9.53 Å². The topological polar surface area (TPSA) is 102 Å². The van der Waals surface area contributed by atoms with Crippen LogP contribution in [0.1, 0.15) is 21.7 Å². The average Bonchev–Trinajstić information content (AvgIpc) is 2.88. The molecule has 1 N–H and O–H groups in total. The number of rotatable bonds is 5. The number of benzene rings is 1. The van der Waals surface area contributed by atoms with Crippen LogP contribution in [0.2, 0.25) is 10.0 Å². The number of halogens is 2. The van der Waals surface area contributed by atoms with Crippen molar-refractivity contribution in [3.05, 3.63) is 45.1 Å². The van der Waals surface area contributed by atoms with Gasteiger partial charge in [0.2, 0.25) is 5.88 Å². The normalized spacial score (nSPS) is 10.0. The number of amides is 1. The molecule has 2 aromatic rings. The Hall–Kier alpha value is -2.69. The van der Waals surface area contributed by atoms with Gasteiger partial charge in [-0.05, 0) is 25.1 Å². The monoisotopic (exact) mass is 382 g/mol. The summed E-state index contributed by atoms with van der Waals surface area (Å²) in [4.78, 5) is 23.7. The minimum atomic E-state index is -0.734. The van der Waals surface area contributed by atoms with Crippen LogP contribution < -0.4 is 10.1 Å². The number of furan rings is 1. The van der Waals surface area contributed by atoms with Crippen molar-refractivity contribution in [2.75, 3.05) is 19.0 Å². The molecule has 0 unspecified atom stereocenters. The Labute approximate surface area is 153 Å². The predicted octanol–water partition coefficient (Wildman–Crippen LogP) is 3.57. The maximum absolute atomic E-state index is 12.0. The maximum atomic E-state index is 12.0. The van der Waals surface area contributed by atoms with E-state index in [1.807, 2.05) is 6.07 Å². The molecule has 0 saturated heterocycles. The maximum Gasteiger partial charge on any atom is 0.342 e. The van der Waals surface area contributed by atoms with E-state index < -0.39 is 11.9 Å². The van der Waals surface area contributed by atoms with Gasteiger partial charge < -0.3 is 13.9 Å². The summed E-state index contributed by atoms with van der Waals surface area (Å²) in [6.07, 6.45) is 0. The van der Waals surface area contributed by atoms with Gasteiger partial charge in [-0.1, -0.05) is 23.2 Å². The fourth-order valence-electron chi connectivity index (χ4n) is 1.99. The molecule has 0 aliphatic carbocycles. The van der Waals surface area contributed by atoms with Crippen molar-refractivity contribution >= 4 is 41.0 Å². The van der Waals surface area contributed by atoms with Crippen molar-refractivity contribution in [2.24, 2.45) is 0 Å². The number of esters is 1. The van der Waals surface area contributed by atoms with Crippen molar-refractivity contribution in [1.29, 1.82) is 5.26 Å². The molecule has 25 heavy (non-hydrogen) atoms. The fraction of sp³-hybridized carbons (Fsp3) is 0.188. The van der Waals surface area contributed by atoms with Crippen LogP contribution in [0.4, 0.5) is 5.88 Å². The minimum Gasteiger partial charge on any atom is -0.482 e. The summed E-state index contributed by atoms with van der Waals surface area (Å²) in [5, 5.41) is 12.3. The number of hydrogen-bond donors (Lipinski definition) is 1. The molecule has 0 aliphatic heterocycles. The summed E-state index contributed by atoms with van der Waals surface area (Å²) in [6.45, 7) is 1.09. The molecule has 0 saturated carbocycles. The van der Waals surface area contributed by atoms with Crippen LogP contribution in [0.25, 0.3) is 0 Å². The van der Waals surface area contributed by atoms with E-state index in [2.05, 4.69) is 10.1 Å². The minimum absolute atomic E-state index is 0.0398. The van der Waals surface area contributed by atoms with Crippen LogP contribution in [0, 0.1) is 18.3 Å². The number of nitrogens with one attached hydrogen (secondary N) is 1. The molecule has 1 heterocycles. The van der Waals surface area contributed by atoms with E-state index in [0.29, 0.717) is 5.02 Å². The number of nitriles is 1. The molecule has 9 heteroatoms. The largest absolute Gasteiger partial charge is 0.482 e. The number of anilines is 1. The zero-order valence-corrected chi connectivity index (χ0v) is 14.7. The first-order valence-electron chi connectivity index (χ1n) is 6.86. The summed E-state index contributed by atoms with van der Waals surface area (Å²) >= 11 is 11.7. The molecule has 0 aliphatic rings. The Morgan fingerprint density at radius 1 is 1.36 bits per heavy atom. The molecule has 1 aromatic heterocycles. The quantitative estimate of drug-likeness (QED) is 0.792. The highest BCUT2D eigenvalue weighted by molar-refractivity contribution is 6.35. The Morgan fingerprint density at radius 3 is 2.68 bits per heavy atom. The standard InChI is InChI=1S/C16H12Cl2N2O5/c1-8-14(16(22)23-2)10(6-19)15(25-8)20-13(21)7-24-12-4-3-9(17)5-11(12)18/h3-5H,7H2,1-2H3,(H,20,21). The van der Waals surface area contributed by atoms with E-state index in [1.54, 1.807) is 6.07 Å². The Morgan fingerprint density at radius 2 is 2.08 bits per heavy atom. The van der Waals surface area contributed by atoms with Gasteiger partial charge in [0, 0.05) is 5.02 Å². The number of carbonyl (C=O) groups is 2. The molecule has 130 valence electrons. The zero-order valence-electron chi connectivity index (χ0n) is 13.2. The van der Waals surface area contributed by atoms with E-state index in [1.165, 1.54) is 26.2 Å². The van der Waals surface area contributed by atoms with Gasteiger partial charge >= 0.3 is 5.97 Å². The molecule has 1 amide bonds. The van der Waals surface area contributed by atoms with Gasteiger partial charge in [-0.2, -0.15) is 5.26 Å². The molecule has 1 aromatic carbocycles. The molecule has 2 rings (SSSR count). The lowest BCUT2D eigenvalue weighted by Crippen LogP contribution is -2.20. The van der Waals surface area contributed by atoms with Crippen molar-refractivity contribution in [3.8, 4) is 11.8 Å². The summed E-state index contributed by atoms with van der Waals surface area (Å²) in [6, 6.07) is 6.37. The second-order valence-corrected chi connectivity index (χ2v) is 5.60. The van der Waals surface area contributed by atoms with E-state index in [-0.39, 0.29) is 40.2 Å². The summed E-state index contributed by atoms with van der Waals surface area (Å²) in [7, 11) is 1.18. The van der Waals surface area contributed by atoms with Crippen molar-refractivity contribution < 1.29 is 23.5 Å². The molecular weight excluding hydrogens is 371 g/mol. The number of carbonyl (C=O) groups excluding carboxylic acids is 2. The predicted molar refractivity (Wildman–Crippen MR) is 90.1 cm³/mol. The van der Waals surface area contributed by atoms with E-state index in [9.17, 15) is 14.9 Å². The van der Waals surface area contributed by atoms with Gasteiger partial charge in [-0.3, -0.25) is 10.1 Å². The molecule has 7 nitrogen and oxygen atoms in total. The van der Waals surface area contributed by atoms with Gasteiger partial charge in [0.25, 0.3) is 5.91 Å². The lowest BCUT2D eigenvalue weighted by Gasteiger charge is -2.08. The summed E-state index contributed by atoms with van der Waals surface area (Å²) in [5.74, 6) is -1.07. The smallest absolute Gasteiger partial charge is 0.342 e. The van der Waals surface area contributed by atoms with Gasteiger partial charge in [0.15, 0.2) is 6.61 Å². The fourth-order valence-corrected chi connectivity index (χ4v) is 2.45. The Bertz CT molecular complexity index is 870. The highest BCUT2D eigenvalue weighted by atomic mass is 35.5. The van der Waals surface area contributed by atoms with Crippen molar-refractivity contribution in [1.82, 2.24) is 0 Å². The summed E-state index contributed by atoms with van der Waals surface area (Å²) < 4.78 is 15.1. The first-order valence-corrected chi connectivity index (χ1v) is 7.62. The highest BCUT2D eigenvalue weighted by Gasteiger charge is 2.25. The molecule has 0 atom stereocenters. The van der Waals surface area contributed by atoms with Crippen LogP contribution in [-0.4, -0.2) is 25.6 Å². The second-order valence-electron chi connectivity index (χ2n) is 4.75. The Kier molecular flexibility index (Phi) is 5.91. The van der Waals surface area contributed by atoms with Crippen LogP contribution in [0.3, 0.4) is 0 Å². The molecular formula is C16H12Cl2N2O5. The van der Waals surface area contributed by atoms with Crippen molar-refractivity contribution in [3.63, 3.8) is 0 Å². The van der Waals surface area contributed by atoms with Gasteiger partial charge in [0.1, 0.15) is 28.7 Å². The average molecular weight is 383 g/mol. The number of methoxy groups -OCH3 is 1. The van der Waals surface area contributed by atoms with E-state index >= 15 is 0 Å². The third kappa shape index (κ3) is 4.24. The molecule has 0 spiro atoms. The lowest BCUT2D eigenvalue weighted by molar-refractivity contribution is -0.118. The number of ether oxygens (including phenoxy) is 2. The molecule has 0 fully saturated rings.